The summed E-state index contributed by atoms with van der Waals surface area (Å²) in [5.74, 6) is -0.0958. The third kappa shape index (κ3) is 4.53. The second-order valence-corrected chi connectivity index (χ2v) is 9.35. The van der Waals surface area contributed by atoms with E-state index in [9.17, 15) is 9.59 Å². The first-order valence-electron chi connectivity index (χ1n) is 10.7. The first-order valence-corrected chi connectivity index (χ1v) is 11.6. The number of thiazole rings is 1. The highest BCUT2D eigenvalue weighted by Gasteiger charge is 2.29. The molecule has 0 spiro atoms. The Hall–Kier alpha value is -2.21. The molecule has 154 valence electrons. The summed E-state index contributed by atoms with van der Waals surface area (Å²) >= 11 is 1.46. The largest absolute Gasteiger partial charge is 0.342 e. The molecule has 2 aromatic rings. The summed E-state index contributed by atoms with van der Waals surface area (Å²) in [6.45, 7) is 5.07. The highest BCUT2D eigenvalue weighted by molar-refractivity contribution is 7.14. The molecule has 1 N–H and O–H groups in total. The van der Waals surface area contributed by atoms with Gasteiger partial charge in [-0.2, -0.15) is 0 Å². The van der Waals surface area contributed by atoms with Gasteiger partial charge in [0.25, 0.3) is 0 Å². The van der Waals surface area contributed by atoms with Crippen molar-refractivity contribution in [2.75, 3.05) is 18.4 Å². The summed E-state index contributed by atoms with van der Waals surface area (Å²) in [6, 6.07) is 6.62. The summed E-state index contributed by atoms with van der Waals surface area (Å²) in [6.07, 6.45) is 6.54. The molecule has 1 aliphatic carbocycles. The van der Waals surface area contributed by atoms with E-state index in [4.69, 9.17) is 0 Å². The number of benzene rings is 1. The molecular weight excluding hydrogens is 382 g/mol. The number of rotatable bonds is 4. The molecule has 0 saturated carbocycles. The van der Waals surface area contributed by atoms with Crippen LogP contribution in [0.5, 0.6) is 0 Å². The number of carbonyl (C=O) groups is 2. The van der Waals surface area contributed by atoms with Crippen LogP contribution in [0.4, 0.5) is 5.13 Å². The molecule has 1 atom stereocenters. The Morgan fingerprint density at radius 1 is 1.17 bits per heavy atom. The molecule has 2 amide bonds. The van der Waals surface area contributed by atoms with Crippen molar-refractivity contribution < 1.29 is 9.59 Å². The predicted molar refractivity (Wildman–Crippen MR) is 117 cm³/mol. The van der Waals surface area contributed by atoms with Crippen molar-refractivity contribution in [3.8, 4) is 11.3 Å². The second kappa shape index (κ2) is 8.66. The normalized spacial score (nSPS) is 19.1. The Balaban J connectivity index is 1.41. The van der Waals surface area contributed by atoms with Crippen LogP contribution in [-0.2, 0) is 22.4 Å². The molecule has 6 heteroatoms. The molecule has 29 heavy (non-hydrogen) atoms. The van der Waals surface area contributed by atoms with Crippen molar-refractivity contribution >= 4 is 28.3 Å². The Morgan fingerprint density at radius 2 is 1.97 bits per heavy atom. The number of carbonyl (C=O) groups excluding carboxylic acids is 2. The lowest BCUT2D eigenvalue weighted by Crippen LogP contribution is -2.45. The topological polar surface area (TPSA) is 62.3 Å². The van der Waals surface area contributed by atoms with Gasteiger partial charge < -0.3 is 10.2 Å². The van der Waals surface area contributed by atoms with Crippen molar-refractivity contribution in [2.24, 2.45) is 11.8 Å². The summed E-state index contributed by atoms with van der Waals surface area (Å²) < 4.78 is 0. The van der Waals surface area contributed by atoms with Gasteiger partial charge in [0.2, 0.25) is 11.8 Å². The van der Waals surface area contributed by atoms with Gasteiger partial charge in [0.05, 0.1) is 11.6 Å². The molecule has 2 aliphatic rings. The first-order chi connectivity index (χ1) is 14.0. The SMILES string of the molecule is CC(C)C(=O)N1CCC[C@H](C(=O)Nc2nc(-c3ccc4c(c3)CCCC4)cs2)C1. The minimum Gasteiger partial charge on any atom is -0.342 e. The van der Waals surface area contributed by atoms with Crippen LogP contribution in [0.2, 0.25) is 0 Å². The smallest absolute Gasteiger partial charge is 0.231 e. The molecule has 1 aliphatic heterocycles. The third-order valence-corrected chi connectivity index (χ3v) is 6.73. The van der Waals surface area contributed by atoms with E-state index < -0.39 is 0 Å². The van der Waals surface area contributed by atoms with Gasteiger partial charge in [-0.15, -0.1) is 11.3 Å². The zero-order valence-corrected chi connectivity index (χ0v) is 18.1. The first kappa shape index (κ1) is 20.1. The lowest BCUT2D eigenvalue weighted by Gasteiger charge is -2.33. The van der Waals surface area contributed by atoms with Crippen molar-refractivity contribution in [3.63, 3.8) is 0 Å². The number of piperidine rings is 1. The second-order valence-electron chi connectivity index (χ2n) is 8.50. The minimum absolute atomic E-state index is 0.0300. The molecule has 1 aromatic carbocycles. The standard InChI is InChI=1S/C23H29N3O2S/c1-15(2)22(28)26-11-5-8-19(13-26)21(27)25-23-24-20(14-29-23)18-10-9-16-6-3-4-7-17(16)12-18/h9-10,12,14-15,19H,3-8,11,13H2,1-2H3,(H,24,25,27)/t19-/m0/s1. The number of fused-ring (bicyclic) bond motifs is 1. The molecular formula is C23H29N3O2S. The van der Waals surface area contributed by atoms with Gasteiger partial charge >= 0.3 is 0 Å². The number of nitrogens with one attached hydrogen (secondary N) is 1. The number of nitrogens with zero attached hydrogens (tertiary/aromatic N) is 2. The van der Waals surface area contributed by atoms with Crippen LogP contribution in [-0.4, -0.2) is 34.8 Å². The highest BCUT2D eigenvalue weighted by atomic mass is 32.1. The van der Waals surface area contributed by atoms with E-state index in [1.165, 1.54) is 41.7 Å². The van der Waals surface area contributed by atoms with E-state index >= 15 is 0 Å². The van der Waals surface area contributed by atoms with Crippen molar-refractivity contribution in [1.29, 1.82) is 0 Å². The van der Waals surface area contributed by atoms with Gasteiger partial charge in [-0.1, -0.05) is 26.0 Å². The fourth-order valence-corrected chi connectivity index (χ4v) is 5.04. The monoisotopic (exact) mass is 411 g/mol. The van der Waals surface area contributed by atoms with Crippen molar-refractivity contribution in [3.05, 3.63) is 34.7 Å². The van der Waals surface area contributed by atoms with Crippen LogP contribution in [0.25, 0.3) is 11.3 Å². The van der Waals surface area contributed by atoms with E-state index in [0.29, 0.717) is 11.7 Å². The number of hydrogen-bond acceptors (Lipinski definition) is 4. The Morgan fingerprint density at radius 3 is 2.76 bits per heavy atom. The van der Waals surface area contributed by atoms with Gasteiger partial charge in [0, 0.05) is 30.0 Å². The quantitative estimate of drug-likeness (QED) is 0.804. The molecule has 0 bridgehead atoms. The number of hydrogen-bond donors (Lipinski definition) is 1. The van der Waals surface area contributed by atoms with E-state index in [1.807, 2.05) is 24.1 Å². The van der Waals surface area contributed by atoms with E-state index in [0.717, 1.165) is 37.1 Å². The lowest BCUT2D eigenvalue weighted by atomic mass is 9.90. The number of aromatic nitrogens is 1. The van der Waals surface area contributed by atoms with Gasteiger partial charge in [-0.25, -0.2) is 4.98 Å². The zero-order valence-electron chi connectivity index (χ0n) is 17.2. The van der Waals surface area contributed by atoms with Gasteiger partial charge in [0.1, 0.15) is 0 Å². The third-order valence-electron chi connectivity index (χ3n) is 5.98. The summed E-state index contributed by atoms with van der Waals surface area (Å²) in [4.78, 5) is 31.5. The average molecular weight is 412 g/mol. The summed E-state index contributed by atoms with van der Waals surface area (Å²) in [7, 11) is 0. The molecule has 0 unspecified atom stereocenters. The Labute approximate surface area is 176 Å². The zero-order chi connectivity index (χ0) is 20.4. The number of amides is 2. The van der Waals surface area contributed by atoms with E-state index in [-0.39, 0.29) is 23.7 Å². The van der Waals surface area contributed by atoms with Crippen molar-refractivity contribution in [2.45, 2.75) is 52.4 Å². The van der Waals surface area contributed by atoms with Crippen LogP contribution in [0.1, 0.15) is 50.7 Å². The maximum absolute atomic E-state index is 12.8. The number of likely N-dealkylation sites (tertiary alicyclic amines) is 1. The van der Waals surface area contributed by atoms with Gasteiger partial charge in [0.15, 0.2) is 5.13 Å². The molecule has 4 rings (SSSR count). The predicted octanol–water partition coefficient (Wildman–Crippen LogP) is 4.52. The molecule has 5 nitrogen and oxygen atoms in total. The van der Waals surface area contributed by atoms with Crippen LogP contribution in [0.3, 0.4) is 0 Å². The van der Waals surface area contributed by atoms with Crippen LogP contribution in [0, 0.1) is 11.8 Å². The minimum atomic E-state index is -0.164. The van der Waals surface area contributed by atoms with Gasteiger partial charge in [-0.3, -0.25) is 9.59 Å². The van der Waals surface area contributed by atoms with Crippen LogP contribution >= 0.6 is 11.3 Å². The van der Waals surface area contributed by atoms with Crippen molar-refractivity contribution in [1.82, 2.24) is 9.88 Å². The number of anilines is 1. The molecule has 0 radical (unpaired) electrons. The molecule has 1 saturated heterocycles. The van der Waals surface area contributed by atoms with E-state index in [2.05, 4.69) is 28.5 Å². The molecule has 2 heterocycles. The lowest BCUT2D eigenvalue weighted by molar-refractivity contribution is -0.137. The maximum Gasteiger partial charge on any atom is 0.231 e. The van der Waals surface area contributed by atoms with Crippen LogP contribution < -0.4 is 5.32 Å². The van der Waals surface area contributed by atoms with E-state index in [1.54, 1.807) is 0 Å². The average Bonchev–Trinajstić information content (AvgIpc) is 3.21. The molecule has 1 fully saturated rings. The van der Waals surface area contributed by atoms with Gasteiger partial charge in [-0.05, 0) is 55.7 Å². The van der Waals surface area contributed by atoms with Crippen LogP contribution in [0.15, 0.2) is 23.6 Å². The Bertz CT molecular complexity index is 905. The summed E-state index contributed by atoms with van der Waals surface area (Å²) in [5, 5.41) is 5.63. The maximum atomic E-state index is 12.8. The summed E-state index contributed by atoms with van der Waals surface area (Å²) in [5.41, 5.74) is 4.93. The fraction of sp³-hybridized carbons (Fsp3) is 0.522. The Kier molecular flexibility index (Phi) is 5.99. The molecule has 1 aromatic heterocycles. The fourth-order valence-electron chi connectivity index (χ4n) is 4.32. The number of aryl methyl sites for hydroxylation is 2. The highest BCUT2D eigenvalue weighted by Crippen LogP contribution is 2.30.